The molecular formula is C11H17BrClNO2S2. The van der Waals surface area contributed by atoms with Crippen LogP contribution in [0.15, 0.2) is 10.3 Å². The summed E-state index contributed by atoms with van der Waals surface area (Å²) < 4.78 is 27.6. The minimum absolute atomic E-state index is 0.0767. The second-order valence-electron chi connectivity index (χ2n) is 4.95. The number of alkyl halides is 1. The smallest absolute Gasteiger partial charge is 0.210 e. The second-order valence-corrected chi connectivity index (χ2v) is 9.39. The van der Waals surface area contributed by atoms with Gasteiger partial charge in [-0.1, -0.05) is 41.4 Å². The first-order chi connectivity index (χ1) is 8.18. The van der Waals surface area contributed by atoms with E-state index in [9.17, 15) is 8.42 Å². The highest BCUT2D eigenvalue weighted by Gasteiger charge is 2.23. The summed E-state index contributed by atoms with van der Waals surface area (Å²) in [7, 11) is -3.44. The predicted molar refractivity (Wildman–Crippen MR) is 81.4 cm³/mol. The highest BCUT2D eigenvalue weighted by atomic mass is 79.9. The lowest BCUT2D eigenvalue weighted by molar-refractivity contribution is 0.354. The zero-order valence-electron chi connectivity index (χ0n) is 10.6. The summed E-state index contributed by atoms with van der Waals surface area (Å²) in [5, 5.41) is 0.853. The van der Waals surface area contributed by atoms with E-state index in [0.29, 0.717) is 10.9 Å². The first-order valence-electron chi connectivity index (χ1n) is 5.49. The van der Waals surface area contributed by atoms with Crippen LogP contribution in [0.1, 0.15) is 25.8 Å². The van der Waals surface area contributed by atoms with Crippen molar-refractivity contribution in [1.82, 2.24) is 4.72 Å². The van der Waals surface area contributed by atoms with E-state index < -0.39 is 10.0 Å². The molecule has 0 aromatic carbocycles. The summed E-state index contributed by atoms with van der Waals surface area (Å²) in [6.45, 7) is 6.27. The topological polar surface area (TPSA) is 46.2 Å². The molecule has 1 aromatic heterocycles. The fourth-order valence-electron chi connectivity index (χ4n) is 1.27. The van der Waals surface area contributed by atoms with Crippen LogP contribution in [-0.2, 0) is 10.0 Å². The Morgan fingerprint density at radius 1 is 1.50 bits per heavy atom. The molecule has 0 atom stereocenters. The number of halogens is 2. The Balaban J connectivity index is 2.77. The van der Waals surface area contributed by atoms with Gasteiger partial charge >= 0.3 is 0 Å². The number of aryl methyl sites for hydroxylation is 1. The third-order valence-corrected chi connectivity index (χ3v) is 6.44. The summed E-state index contributed by atoms with van der Waals surface area (Å²) >= 11 is 10.4. The van der Waals surface area contributed by atoms with Gasteiger partial charge in [0.1, 0.15) is 4.21 Å². The maximum atomic E-state index is 12.1. The van der Waals surface area contributed by atoms with Crippen LogP contribution in [0.4, 0.5) is 0 Å². The Hall–Kier alpha value is 0.380. The molecule has 0 aliphatic rings. The highest BCUT2D eigenvalue weighted by molar-refractivity contribution is 9.09. The molecule has 7 heteroatoms. The van der Waals surface area contributed by atoms with Crippen molar-refractivity contribution in [3.63, 3.8) is 0 Å². The number of rotatable bonds is 6. The van der Waals surface area contributed by atoms with Crippen molar-refractivity contribution in [2.24, 2.45) is 5.41 Å². The van der Waals surface area contributed by atoms with Crippen molar-refractivity contribution in [3.8, 4) is 0 Å². The molecule has 0 saturated heterocycles. The first kappa shape index (κ1) is 16.4. The first-order valence-corrected chi connectivity index (χ1v) is 9.29. The van der Waals surface area contributed by atoms with E-state index in [1.165, 1.54) is 0 Å². The van der Waals surface area contributed by atoms with Crippen molar-refractivity contribution in [2.75, 3.05) is 11.9 Å². The molecule has 18 heavy (non-hydrogen) atoms. The molecule has 1 heterocycles. The Labute approximate surface area is 126 Å². The largest absolute Gasteiger partial charge is 0.250 e. The monoisotopic (exact) mass is 373 g/mol. The maximum absolute atomic E-state index is 12.1. The Morgan fingerprint density at radius 3 is 2.56 bits per heavy atom. The van der Waals surface area contributed by atoms with Gasteiger partial charge in [-0.2, -0.15) is 0 Å². The van der Waals surface area contributed by atoms with Crippen molar-refractivity contribution in [2.45, 2.75) is 31.4 Å². The van der Waals surface area contributed by atoms with Crippen molar-refractivity contribution in [3.05, 3.63) is 16.0 Å². The van der Waals surface area contributed by atoms with Crippen molar-refractivity contribution in [1.29, 1.82) is 0 Å². The van der Waals surface area contributed by atoms with Gasteiger partial charge in [0.2, 0.25) is 10.0 Å². The highest BCUT2D eigenvalue weighted by Crippen LogP contribution is 2.30. The van der Waals surface area contributed by atoms with Crippen LogP contribution in [0.5, 0.6) is 0 Å². The quantitative estimate of drug-likeness (QED) is 0.770. The van der Waals surface area contributed by atoms with Crippen LogP contribution < -0.4 is 4.72 Å². The van der Waals surface area contributed by atoms with E-state index >= 15 is 0 Å². The second kappa shape index (κ2) is 6.22. The minimum atomic E-state index is -3.44. The number of sulfonamides is 1. The SMILES string of the molecule is Cc1cc(S(=O)(=O)NCC(C)(C)CCBr)sc1Cl. The van der Waals surface area contributed by atoms with Crippen LogP contribution in [0.3, 0.4) is 0 Å². The number of nitrogens with one attached hydrogen (secondary N) is 1. The molecule has 0 bridgehead atoms. The average Bonchev–Trinajstić information content (AvgIpc) is 2.58. The minimum Gasteiger partial charge on any atom is -0.210 e. The third kappa shape index (κ3) is 4.49. The van der Waals surface area contributed by atoms with Crippen molar-refractivity contribution >= 4 is 48.9 Å². The lowest BCUT2D eigenvalue weighted by Gasteiger charge is -2.23. The fraction of sp³-hybridized carbons (Fsp3) is 0.636. The molecule has 0 saturated carbocycles. The molecule has 1 N–H and O–H groups in total. The molecule has 0 aliphatic heterocycles. The Bertz CT molecular complexity index is 492. The predicted octanol–water partition coefficient (Wildman–Crippen LogP) is 3.80. The molecule has 0 spiro atoms. The lowest BCUT2D eigenvalue weighted by Crippen LogP contribution is -2.33. The van der Waals surface area contributed by atoms with Gasteiger partial charge in [-0.3, -0.25) is 0 Å². The van der Waals surface area contributed by atoms with E-state index in [2.05, 4.69) is 20.7 Å². The average molecular weight is 375 g/mol. The number of hydrogen-bond donors (Lipinski definition) is 1. The van der Waals surface area contributed by atoms with Gasteiger partial charge < -0.3 is 0 Å². The van der Waals surface area contributed by atoms with Crippen molar-refractivity contribution < 1.29 is 8.42 Å². The molecule has 0 amide bonds. The van der Waals surface area contributed by atoms with E-state index in [0.717, 1.165) is 28.7 Å². The van der Waals surface area contributed by atoms with Crippen LogP contribution >= 0.6 is 38.9 Å². The van der Waals surface area contributed by atoms with E-state index in [4.69, 9.17) is 11.6 Å². The van der Waals surface area contributed by atoms with Gasteiger partial charge in [0.05, 0.1) is 4.34 Å². The molecule has 0 fully saturated rings. The summed E-state index contributed by atoms with van der Waals surface area (Å²) in [5.74, 6) is 0. The molecule has 0 unspecified atom stereocenters. The zero-order chi connectivity index (χ0) is 14.0. The van der Waals surface area contributed by atoms with Gasteiger partial charge in [0, 0.05) is 11.9 Å². The van der Waals surface area contributed by atoms with E-state index in [-0.39, 0.29) is 9.62 Å². The van der Waals surface area contributed by atoms with Gasteiger partial charge in [-0.15, -0.1) is 11.3 Å². The van der Waals surface area contributed by atoms with Gasteiger partial charge in [0.25, 0.3) is 0 Å². The molecule has 0 radical (unpaired) electrons. The standard InChI is InChI=1S/C11H17BrClNO2S2/c1-8-6-9(17-10(8)13)18(15,16)14-7-11(2,3)4-5-12/h6,14H,4-5,7H2,1-3H3. The maximum Gasteiger partial charge on any atom is 0.250 e. The molecule has 3 nitrogen and oxygen atoms in total. The Kier molecular flexibility index (Phi) is 5.68. The molecular weight excluding hydrogens is 358 g/mol. The van der Waals surface area contributed by atoms with Crippen LogP contribution in [-0.4, -0.2) is 20.3 Å². The van der Waals surface area contributed by atoms with Gasteiger partial charge in [-0.05, 0) is 30.4 Å². The normalized spacial score (nSPS) is 12.9. The molecule has 0 aliphatic carbocycles. The van der Waals surface area contributed by atoms with Gasteiger partial charge in [-0.25, -0.2) is 13.1 Å². The Morgan fingerprint density at radius 2 is 2.11 bits per heavy atom. The van der Waals surface area contributed by atoms with Crippen LogP contribution in [0, 0.1) is 12.3 Å². The molecule has 1 rings (SSSR count). The van der Waals surface area contributed by atoms with Gasteiger partial charge in [0.15, 0.2) is 0 Å². The summed E-state index contributed by atoms with van der Waals surface area (Å²) in [4.78, 5) is 0. The molecule has 1 aromatic rings. The fourth-order valence-corrected chi connectivity index (χ4v) is 5.34. The number of hydrogen-bond acceptors (Lipinski definition) is 3. The van der Waals surface area contributed by atoms with E-state index in [1.807, 2.05) is 13.8 Å². The summed E-state index contributed by atoms with van der Waals surface area (Å²) in [6, 6.07) is 1.60. The zero-order valence-corrected chi connectivity index (χ0v) is 14.6. The van der Waals surface area contributed by atoms with Crippen LogP contribution in [0.2, 0.25) is 4.34 Å². The summed E-state index contributed by atoms with van der Waals surface area (Å²) in [5.41, 5.74) is 0.717. The number of thiophene rings is 1. The van der Waals surface area contributed by atoms with Crippen LogP contribution in [0.25, 0.3) is 0 Å². The summed E-state index contributed by atoms with van der Waals surface area (Å²) in [6.07, 6.45) is 0.903. The third-order valence-electron chi connectivity index (χ3n) is 2.61. The molecule has 104 valence electrons. The van der Waals surface area contributed by atoms with E-state index in [1.54, 1.807) is 13.0 Å². The lowest BCUT2D eigenvalue weighted by atomic mass is 9.91.